The van der Waals surface area contributed by atoms with E-state index in [2.05, 4.69) is 49.4 Å². The zero-order valence-electron chi connectivity index (χ0n) is 10.7. The lowest BCUT2D eigenvalue weighted by molar-refractivity contribution is 0.572. The van der Waals surface area contributed by atoms with Crippen molar-refractivity contribution in [2.24, 2.45) is 0 Å². The summed E-state index contributed by atoms with van der Waals surface area (Å²) < 4.78 is 5.87. The van der Waals surface area contributed by atoms with Crippen LogP contribution >= 0.6 is 0 Å². The number of fused-ring (bicyclic) bond motifs is 3. The van der Waals surface area contributed by atoms with Crippen LogP contribution in [-0.4, -0.2) is 0 Å². The second kappa shape index (κ2) is 5.05. The molecule has 0 amide bonds. The highest BCUT2D eigenvalue weighted by Crippen LogP contribution is 2.13. The summed E-state index contributed by atoms with van der Waals surface area (Å²) in [7, 11) is 0. The van der Waals surface area contributed by atoms with Crippen LogP contribution in [0.25, 0.3) is 23.1 Å². The van der Waals surface area contributed by atoms with Crippen molar-refractivity contribution in [2.75, 3.05) is 0 Å². The van der Waals surface area contributed by atoms with Crippen molar-refractivity contribution >= 4 is 23.1 Å². The van der Waals surface area contributed by atoms with Gasteiger partial charge in [-0.05, 0) is 25.0 Å². The highest BCUT2D eigenvalue weighted by Gasteiger charge is 2.04. The highest BCUT2D eigenvalue weighted by atomic mass is 16.3. The Bertz CT molecular complexity index is 657. The third-order valence-corrected chi connectivity index (χ3v) is 2.82. The first kappa shape index (κ1) is 11.7. The minimum absolute atomic E-state index is 0.947. The number of rotatable bonds is 0. The van der Waals surface area contributed by atoms with Gasteiger partial charge in [0, 0.05) is 10.6 Å². The molecule has 88 valence electrons. The minimum atomic E-state index is 0.947. The molecule has 1 aliphatic carbocycles. The summed E-state index contributed by atoms with van der Waals surface area (Å²) >= 11 is 0. The van der Waals surface area contributed by atoms with Gasteiger partial charge in [-0.15, -0.1) is 0 Å². The van der Waals surface area contributed by atoms with Gasteiger partial charge in [-0.3, -0.25) is 0 Å². The van der Waals surface area contributed by atoms with E-state index in [0.29, 0.717) is 0 Å². The van der Waals surface area contributed by atoms with Gasteiger partial charge in [-0.2, -0.15) is 0 Å². The lowest BCUT2D eigenvalue weighted by atomic mass is 10.1. The maximum atomic E-state index is 5.87. The quantitative estimate of drug-likeness (QED) is 0.672. The standard InChI is InChI=1S/C14H12O.C2H6/c1-10-6-5-8-12-11-7-3-2-4-9-13(11)15-14(10)12;1-2/h2-3,5-9H,4H2,1H3;1-2H3. The predicted octanol–water partition coefficient (Wildman–Crippen LogP) is 3.29. The number of furan rings is 1. The fourth-order valence-corrected chi connectivity index (χ4v) is 2.04. The fraction of sp³-hybridized carbons (Fsp3) is 0.250. The van der Waals surface area contributed by atoms with Crippen LogP contribution in [0.5, 0.6) is 0 Å². The Hall–Kier alpha value is -1.76. The Morgan fingerprint density at radius 1 is 1.18 bits per heavy atom. The SMILES string of the molecule is CC.Cc1cccc2c3c(oc12)=CCC=CC=3. The molecule has 2 aromatic rings. The van der Waals surface area contributed by atoms with Crippen LogP contribution in [0.3, 0.4) is 0 Å². The molecule has 17 heavy (non-hydrogen) atoms. The molecule has 1 heteroatoms. The van der Waals surface area contributed by atoms with Crippen LogP contribution in [0.15, 0.2) is 34.8 Å². The van der Waals surface area contributed by atoms with Gasteiger partial charge in [0.25, 0.3) is 0 Å². The summed E-state index contributed by atoms with van der Waals surface area (Å²) in [5.74, 6) is 0. The molecule has 1 aliphatic rings. The maximum Gasteiger partial charge on any atom is 0.138 e. The molecule has 0 atom stereocenters. The van der Waals surface area contributed by atoms with Gasteiger partial charge in [0.15, 0.2) is 0 Å². The molecule has 3 rings (SSSR count). The van der Waals surface area contributed by atoms with Crippen molar-refractivity contribution in [3.05, 3.63) is 46.5 Å². The molecule has 1 aromatic carbocycles. The molecule has 0 saturated heterocycles. The lowest BCUT2D eigenvalue weighted by Crippen LogP contribution is -2.18. The molecule has 0 spiro atoms. The third kappa shape index (κ3) is 2.05. The van der Waals surface area contributed by atoms with Gasteiger partial charge in [-0.1, -0.05) is 50.3 Å². The van der Waals surface area contributed by atoms with Crippen molar-refractivity contribution in [3.8, 4) is 0 Å². The number of allylic oxidation sites excluding steroid dienone is 2. The zero-order chi connectivity index (χ0) is 12.3. The summed E-state index contributed by atoms with van der Waals surface area (Å²) in [6.07, 6.45) is 9.44. The van der Waals surface area contributed by atoms with E-state index in [1.165, 1.54) is 16.2 Å². The van der Waals surface area contributed by atoms with Crippen molar-refractivity contribution in [1.29, 1.82) is 0 Å². The number of aryl methyl sites for hydroxylation is 1. The van der Waals surface area contributed by atoms with Crippen LogP contribution in [0.2, 0.25) is 0 Å². The summed E-state index contributed by atoms with van der Waals surface area (Å²) in [5.41, 5.74) is 3.22. The molecule has 0 N–H and O–H groups in total. The summed E-state index contributed by atoms with van der Waals surface area (Å²) in [6.45, 7) is 6.08. The predicted molar refractivity (Wildman–Crippen MR) is 74.2 cm³/mol. The molecular formula is C16H18O. The topological polar surface area (TPSA) is 13.1 Å². The third-order valence-electron chi connectivity index (χ3n) is 2.82. The van der Waals surface area contributed by atoms with E-state index in [4.69, 9.17) is 4.42 Å². The number of para-hydroxylation sites is 1. The van der Waals surface area contributed by atoms with E-state index in [1.807, 2.05) is 13.8 Å². The van der Waals surface area contributed by atoms with E-state index in [1.54, 1.807) is 0 Å². The van der Waals surface area contributed by atoms with Crippen LogP contribution in [-0.2, 0) is 0 Å². The molecule has 1 aromatic heterocycles. The Kier molecular flexibility index (Phi) is 3.48. The number of hydrogen-bond acceptors (Lipinski definition) is 1. The summed E-state index contributed by atoms with van der Waals surface area (Å²) in [4.78, 5) is 0. The Balaban J connectivity index is 0.000000514. The highest BCUT2D eigenvalue weighted by molar-refractivity contribution is 5.82. The average molecular weight is 226 g/mol. The Morgan fingerprint density at radius 2 is 2.00 bits per heavy atom. The molecule has 0 unspecified atom stereocenters. The fourth-order valence-electron chi connectivity index (χ4n) is 2.04. The number of hydrogen-bond donors (Lipinski definition) is 0. The first-order valence-corrected chi connectivity index (χ1v) is 6.21. The second-order valence-electron chi connectivity index (χ2n) is 3.87. The van der Waals surface area contributed by atoms with E-state index >= 15 is 0 Å². The van der Waals surface area contributed by atoms with Crippen molar-refractivity contribution < 1.29 is 4.42 Å². The molecule has 0 aliphatic heterocycles. The van der Waals surface area contributed by atoms with Gasteiger partial charge in [0.05, 0.1) is 0 Å². The summed E-state index contributed by atoms with van der Waals surface area (Å²) in [6, 6.07) is 6.28. The van der Waals surface area contributed by atoms with E-state index in [9.17, 15) is 0 Å². The lowest BCUT2D eigenvalue weighted by Gasteiger charge is -1.91. The molecule has 1 heterocycles. The molecule has 0 radical (unpaired) electrons. The van der Waals surface area contributed by atoms with Crippen LogP contribution in [0, 0.1) is 6.92 Å². The van der Waals surface area contributed by atoms with Crippen molar-refractivity contribution in [1.82, 2.24) is 0 Å². The van der Waals surface area contributed by atoms with Gasteiger partial charge >= 0.3 is 0 Å². The minimum Gasteiger partial charge on any atom is -0.456 e. The van der Waals surface area contributed by atoms with E-state index in [-0.39, 0.29) is 0 Å². The van der Waals surface area contributed by atoms with Gasteiger partial charge < -0.3 is 4.42 Å². The van der Waals surface area contributed by atoms with Crippen LogP contribution in [0.1, 0.15) is 25.8 Å². The van der Waals surface area contributed by atoms with Crippen molar-refractivity contribution in [3.63, 3.8) is 0 Å². The summed E-state index contributed by atoms with van der Waals surface area (Å²) in [5, 5.41) is 2.43. The van der Waals surface area contributed by atoms with Gasteiger partial charge in [0.2, 0.25) is 0 Å². The smallest absolute Gasteiger partial charge is 0.138 e. The molecule has 1 nitrogen and oxygen atoms in total. The van der Waals surface area contributed by atoms with Crippen LogP contribution < -0.4 is 10.6 Å². The molecule has 0 fully saturated rings. The monoisotopic (exact) mass is 226 g/mol. The first-order chi connectivity index (χ1) is 8.36. The normalized spacial score (nSPS) is 12.9. The zero-order valence-corrected chi connectivity index (χ0v) is 10.7. The first-order valence-electron chi connectivity index (χ1n) is 6.21. The van der Waals surface area contributed by atoms with E-state index in [0.717, 1.165) is 17.4 Å². The van der Waals surface area contributed by atoms with Gasteiger partial charge in [0.1, 0.15) is 11.0 Å². The molecule has 0 saturated carbocycles. The molecule has 0 bridgehead atoms. The number of benzene rings is 1. The average Bonchev–Trinajstić information content (AvgIpc) is 2.58. The molecular weight excluding hydrogens is 208 g/mol. The largest absolute Gasteiger partial charge is 0.456 e. The Labute approximate surface area is 102 Å². The van der Waals surface area contributed by atoms with Gasteiger partial charge in [-0.25, -0.2) is 0 Å². The van der Waals surface area contributed by atoms with Crippen molar-refractivity contribution in [2.45, 2.75) is 27.2 Å². The Morgan fingerprint density at radius 3 is 2.82 bits per heavy atom. The van der Waals surface area contributed by atoms with E-state index < -0.39 is 0 Å². The maximum absolute atomic E-state index is 5.87. The second-order valence-corrected chi connectivity index (χ2v) is 3.87. The van der Waals surface area contributed by atoms with Crippen LogP contribution in [0.4, 0.5) is 0 Å².